The number of rotatable bonds is 4. The van der Waals surface area contributed by atoms with Crippen LogP contribution < -0.4 is 10.9 Å². The molecule has 0 saturated heterocycles. The molecular weight excluding hydrogens is 446 g/mol. The molecule has 5 nitrogen and oxygen atoms in total. The van der Waals surface area contributed by atoms with Gasteiger partial charge >= 0.3 is 0 Å². The summed E-state index contributed by atoms with van der Waals surface area (Å²) in [5, 5.41) is 3.76. The molecule has 5 aromatic rings. The minimum Gasteiger partial charge on any atom is -0.321 e. The Hall–Kier alpha value is -4.22. The Kier molecular flexibility index (Phi) is 5.70. The summed E-state index contributed by atoms with van der Waals surface area (Å²) in [6.45, 7) is 1.77. The molecule has 4 aromatic carbocycles. The molecule has 1 heterocycles. The van der Waals surface area contributed by atoms with Crippen molar-refractivity contribution < 1.29 is 4.79 Å². The van der Waals surface area contributed by atoms with Crippen LogP contribution in [0.4, 0.5) is 5.69 Å². The molecule has 0 saturated carbocycles. The van der Waals surface area contributed by atoms with E-state index in [0.29, 0.717) is 38.7 Å². The van der Waals surface area contributed by atoms with Gasteiger partial charge in [-0.1, -0.05) is 66.2 Å². The first-order valence-electron chi connectivity index (χ1n) is 10.8. The van der Waals surface area contributed by atoms with Crippen LogP contribution in [0.5, 0.6) is 0 Å². The maximum Gasteiger partial charge on any atom is 0.265 e. The third-order valence-corrected chi connectivity index (χ3v) is 5.98. The fourth-order valence-corrected chi connectivity index (χ4v) is 4.10. The van der Waals surface area contributed by atoms with Crippen LogP contribution in [0.25, 0.3) is 27.7 Å². The van der Waals surface area contributed by atoms with Gasteiger partial charge in [-0.05, 0) is 60.5 Å². The Balaban J connectivity index is 1.46. The molecule has 0 aliphatic carbocycles. The predicted molar refractivity (Wildman–Crippen MR) is 137 cm³/mol. The van der Waals surface area contributed by atoms with Gasteiger partial charge in [-0.3, -0.25) is 14.2 Å². The lowest BCUT2D eigenvalue weighted by atomic mass is 10.0. The second-order valence-corrected chi connectivity index (χ2v) is 8.29. The zero-order valence-electron chi connectivity index (χ0n) is 18.3. The minimum absolute atomic E-state index is 0.181. The summed E-state index contributed by atoms with van der Waals surface area (Å²) in [6.07, 6.45) is 0. The van der Waals surface area contributed by atoms with Gasteiger partial charge in [0.2, 0.25) is 0 Å². The van der Waals surface area contributed by atoms with Crippen molar-refractivity contribution in [3.05, 3.63) is 124 Å². The number of carbonyl (C=O) groups is 1. The van der Waals surface area contributed by atoms with Crippen molar-refractivity contribution in [1.29, 1.82) is 0 Å². The summed E-state index contributed by atoms with van der Waals surface area (Å²) in [4.78, 5) is 30.6. The molecule has 0 atom stereocenters. The van der Waals surface area contributed by atoms with Crippen molar-refractivity contribution in [2.24, 2.45) is 0 Å². The number of halogens is 1. The first kappa shape index (κ1) is 21.6. The van der Waals surface area contributed by atoms with E-state index in [2.05, 4.69) is 10.3 Å². The highest BCUT2D eigenvalue weighted by atomic mass is 35.5. The van der Waals surface area contributed by atoms with E-state index >= 15 is 0 Å². The summed E-state index contributed by atoms with van der Waals surface area (Å²) in [6, 6.07) is 29.6. The van der Waals surface area contributed by atoms with Crippen LogP contribution >= 0.6 is 11.6 Å². The maximum absolute atomic E-state index is 13.1. The lowest BCUT2D eigenvalue weighted by Crippen LogP contribution is -2.22. The molecule has 0 bridgehead atoms. The fourth-order valence-electron chi connectivity index (χ4n) is 3.94. The molecule has 166 valence electrons. The maximum atomic E-state index is 13.1. The number of aromatic nitrogens is 2. The summed E-state index contributed by atoms with van der Waals surface area (Å²) >= 11 is 6.38. The van der Waals surface area contributed by atoms with E-state index in [4.69, 9.17) is 11.6 Å². The van der Waals surface area contributed by atoms with Gasteiger partial charge < -0.3 is 5.32 Å². The Morgan fingerprint density at radius 2 is 1.53 bits per heavy atom. The summed E-state index contributed by atoms with van der Waals surface area (Å²) in [5.41, 5.74) is 4.05. The lowest BCUT2D eigenvalue weighted by Gasteiger charge is -2.14. The molecule has 1 aromatic heterocycles. The molecule has 0 unspecified atom stereocenters. The normalized spacial score (nSPS) is 10.9. The number of hydrogen-bond acceptors (Lipinski definition) is 3. The number of nitrogens with zero attached hydrogens (tertiary/aromatic N) is 2. The van der Waals surface area contributed by atoms with E-state index in [1.54, 1.807) is 43.3 Å². The summed E-state index contributed by atoms with van der Waals surface area (Å²) in [5.74, 6) is 0.249. The van der Waals surface area contributed by atoms with Crippen molar-refractivity contribution in [2.75, 3.05) is 5.32 Å². The van der Waals surface area contributed by atoms with Crippen molar-refractivity contribution in [1.82, 2.24) is 9.55 Å². The van der Waals surface area contributed by atoms with Crippen LogP contribution in [0, 0.1) is 6.92 Å². The average Bonchev–Trinajstić information content (AvgIpc) is 2.86. The molecule has 0 fully saturated rings. The standard InChI is InChI=1S/C28H20ClN3O2/c1-18-30-25-10-6-5-9-23(25)28(34)32(18)22-15-16-24(29)26(17-22)31-27(33)21-13-11-20(12-14-21)19-7-3-2-4-8-19/h2-17H,1H3,(H,31,33). The average molecular weight is 466 g/mol. The van der Waals surface area contributed by atoms with Gasteiger partial charge in [0.05, 0.1) is 27.3 Å². The Morgan fingerprint density at radius 3 is 2.29 bits per heavy atom. The predicted octanol–water partition coefficient (Wildman–Crippen LogP) is 6.27. The second kappa shape index (κ2) is 8.96. The van der Waals surface area contributed by atoms with Gasteiger partial charge in [0.15, 0.2) is 0 Å². The molecule has 0 radical (unpaired) electrons. The molecular formula is C28H20ClN3O2. The summed E-state index contributed by atoms with van der Waals surface area (Å²) in [7, 11) is 0. The van der Waals surface area contributed by atoms with Gasteiger partial charge in [0, 0.05) is 5.56 Å². The number of benzene rings is 4. The topological polar surface area (TPSA) is 64.0 Å². The highest BCUT2D eigenvalue weighted by Crippen LogP contribution is 2.26. The van der Waals surface area contributed by atoms with E-state index in [-0.39, 0.29) is 11.5 Å². The van der Waals surface area contributed by atoms with Crippen molar-refractivity contribution in [2.45, 2.75) is 6.92 Å². The van der Waals surface area contributed by atoms with Crippen LogP contribution in [0.2, 0.25) is 5.02 Å². The van der Waals surface area contributed by atoms with E-state index in [1.165, 1.54) is 4.57 Å². The molecule has 34 heavy (non-hydrogen) atoms. The van der Waals surface area contributed by atoms with Crippen LogP contribution in [0.3, 0.4) is 0 Å². The number of nitrogens with one attached hydrogen (secondary N) is 1. The molecule has 1 N–H and O–H groups in total. The Bertz CT molecular complexity index is 1580. The van der Waals surface area contributed by atoms with Crippen LogP contribution in [-0.2, 0) is 0 Å². The molecule has 5 rings (SSSR count). The number of para-hydroxylation sites is 1. The van der Waals surface area contributed by atoms with E-state index < -0.39 is 0 Å². The van der Waals surface area contributed by atoms with Gasteiger partial charge in [-0.15, -0.1) is 0 Å². The number of aryl methyl sites for hydroxylation is 1. The summed E-state index contributed by atoms with van der Waals surface area (Å²) < 4.78 is 1.52. The first-order valence-corrected chi connectivity index (χ1v) is 11.1. The molecule has 0 spiro atoms. The number of hydrogen-bond donors (Lipinski definition) is 1. The van der Waals surface area contributed by atoms with Gasteiger partial charge in [-0.2, -0.15) is 0 Å². The molecule has 0 aliphatic heterocycles. The zero-order chi connectivity index (χ0) is 23.7. The number of amides is 1. The second-order valence-electron chi connectivity index (χ2n) is 7.88. The highest BCUT2D eigenvalue weighted by molar-refractivity contribution is 6.34. The van der Waals surface area contributed by atoms with Crippen LogP contribution in [0.1, 0.15) is 16.2 Å². The van der Waals surface area contributed by atoms with Gasteiger partial charge in [-0.25, -0.2) is 4.98 Å². The highest BCUT2D eigenvalue weighted by Gasteiger charge is 2.14. The minimum atomic E-state index is -0.292. The number of anilines is 1. The first-order chi connectivity index (χ1) is 16.5. The van der Waals surface area contributed by atoms with E-state index in [1.807, 2.05) is 60.7 Å². The zero-order valence-corrected chi connectivity index (χ0v) is 19.1. The fraction of sp³-hybridized carbons (Fsp3) is 0.0357. The molecule has 1 amide bonds. The number of fused-ring (bicyclic) bond motifs is 1. The van der Waals surface area contributed by atoms with Gasteiger partial charge in [0.1, 0.15) is 5.82 Å². The van der Waals surface area contributed by atoms with E-state index in [9.17, 15) is 9.59 Å². The monoisotopic (exact) mass is 465 g/mol. The SMILES string of the molecule is Cc1nc2ccccc2c(=O)n1-c1ccc(Cl)c(NC(=O)c2ccc(-c3ccccc3)cc2)c1. The Labute approximate surface area is 201 Å². The van der Waals surface area contributed by atoms with Crippen LogP contribution in [-0.4, -0.2) is 15.5 Å². The smallest absolute Gasteiger partial charge is 0.265 e. The lowest BCUT2D eigenvalue weighted by molar-refractivity contribution is 0.102. The van der Waals surface area contributed by atoms with Crippen molar-refractivity contribution in [3.63, 3.8) is 0 Å². The van der Waals surface area contributed by atoms with Crippen molar-refractivity contribution in [3.8, 4) is 16.8 Å². The third-order valence-electron chi connectivity index (χ3n) is 5.65. The quantitative estimate of drug-likeness (QED) is 0.340. The van der Waals surface area contributed by atoms with Gasteiger partial charge in [0.25, 0.3) is 11.5 Å². The van der Waals surface area contributed by atoms with Crippen molar-refractivity contribution >= 4 is 34.1 Å². The Morgan fingerprint density at radius 1 is 0.853 bits per heavy atom. The molecule has 0 aliphatic rings. The molecule has 6 heteroatoms. The largest absolute Gasteiger partial charge is 0.321 e. The van der Waals surface area contributed by atoms with Crippen LogP contribution in [0.15, 0.2) is 102 Å². The third kappa shape index (κ3) is 4.09. The van der Waals surface area contributed by atoms with E-state index in [0.717, 1.165) is 11.1 Å². The number of carbonyl (C=O) groups excluding carboxylic acids is 1.